The molecule has 0 unspecified atom stereocenters. The maximum absolute atomic E-state index is 12.2. The minimum Gasteiger partial charge on any atom is -0.351 e. The van der Waals surface area contributed by atoms with Crippen LogP contribution >= 0.6 is 11.8 Å². The van der Waals surface area contributed by atoms with Crippen LogP contribution in [0.1, 0.15) is 42.5 Å². The summed E-state index contributed by atoms with van der Waals surface area (Å²) in [5.41, 5.74) is 0.965. The molecular formula is C17H26N2O3S2. The lowest BCUT2D eigenvalue weighted by Crippen LogP contribution is -2.28. The van der Waals surface area contributed by atoms with Crippen molar-refractivity contribution in [3.05, 3.63) is 29.8 Å². The first-order valence-electron chi connectivity index (χ1n) is 8.31. The lowest BCUT2D eigenvalue weighted by Gasteiger charge is -2.21. The van der Waals surface area contributed by atoms with Crippen molar-refractivity contribution in [1.29, 1.82) is 0 Å². The average molecular weight is 371 g/mol. The molecule has 134 valence electrons. The molecule has 2 rings (SSSR count). The molecule has 0 spiro atoms. The van der Waals surface area contributed by atoms with Gasteiger partial charge in [0.25, 0.3) is 5.91 Å². The Labute approximate surface area is 149 Å². The maximum atomic E-state index is 12.2. The fourth-order valence-electron chi connectivity index (χ4n) is 2.76. The number of benzene rings is 1. The van der Waals surface area contributed by atoms with Crippen molar-refractivity contribution < 1.29 is 13.2 Å². The van der Waals surface area contributed by atoms with Gasteiger partial charge in [0.2, 0.25) is 10.0 Å². The fraction of sp³-hybridized carbons (Fsp3) is 0.588. The Hall–Kier alpha value is -1.21. The molecule has 1 amide bonds. The van der Waals surface area contributed by atoms with Gasteiger partial charge in [0.05, 0.1) is 11.9 Å². The normalized spacial score (nSPS) is 15.9. The van der Waals surface area contributed by atoms with E-state index in [0.29, 0.717) is 17.8 Å². The summed E-state index contributed by atoms with van der Waals surface area (Å²) in [5, 5.41) is 3.65. The van der Waals surface area contributed by atoms with Crippen molar-refractivity contribution in [1.82, 2.24) is 5.32 Å². The second kappa shape index (κ2) is 8.76. The van der Waals surface area contributed by atoms with Gasteiger partial charge in [0, 0.05) is 30.2 Å². The Kier molecular flexibility index (Phi) is 6.98. The van der Waals surface area contributed by atoms with Gasteiger partial charge >= 0.3 is 0 Å². The topological polar surface area (TPSA) is 66.5 Å². The Morgan fingerprint density at radius 3 is 2.67 bits per heavy atom. The fourth-order valence-corrected chi connectivity index (χ4v) is 4.47. The first-order chi connectivity index (χ1) is 11.4. The minimum atomic E-state index is -3.33. The van der Waals surface area contributed by atoms with Crippen molar-refractivity contribution in [3.63, 3.8) is 0 Å². The first kappa shape index (κ1) is 19.1. The van der Waals surface area contributed by atoms with E-state index in [9.17, 15) is 13.2 Å². The summed E-state index contributed by atoms with van der Waals surface area (Å²) in [5.74, 6) is 0.752. The van der Waals surface area contributed by atoms with E-state index in [0.717, 1.165) is 17.3 Å². The van der Waals surface area contributed by atoms with E-state index in [1.807, 2.05) is 11.8 Å². The molecule has 24 heavy (non-hydrogen) atoms. The van der Waals surface area contributed by atoms with Crippen LogP contribution in [0.3, 0.4) is 0 Å². The van der Waals surface area contributed by atoms with Crippen LogP contribution in [0.25, 0.3) is 0 Å². The molecule has 0 aliphatic heterocycles. The summed E-state index contributed by atoms with van der Waals surface area (Å²) < 4.78 is 24.4. The van der Waals surface area contributed by atoms with Crippen LogP contribution in [0.2, 0.25) is 0 Å². The lowest BCUT2D eigenvalue weighted by molar-refractivity contribution is 0.0956. The van der Waals surface area contributed by atoms with Crippen molar-refractivity contribution in [2.45, 2.75) is 37.4 Å². The van der Waals surface area contributed by atoms with Crippen LogP contribution in [-0.2, 0) is 10.0 Å². The highest BCUT2D eigenvalue weighted by atomic mass is 32.2. The minimum absolute atomic E-state index is 0.164. The van der Waals surface area contributed by atoms with Crippen LogP contribution in [0.5, 0.6) is 0 Å². The van der Waals surface area contributed by atoms with Crippen molar-refractivity contribution in [2.24, 2.45) is 0 Å². The molecule has 0 saturated heterocycles. The van der Waals surface area contributed by atoms with Gasteiger partial charge in [-0.05, 0) is 31.0 Å². The van der Waals surface area contributed by atoms with Crippen LogP contribution in [0.4, 0.5) is 5.69 Å². The summed E-state index contributed by atoms with van der Waals surface area (Å²) in [4.78, 5) is 12.2. The van der Waals surface area contributed by atoms with Gasteiger partial charge in [-0.3, -0.25) is 9.10 Å². The van der Waals surface area contributed by atoms with Crippen molar-refractivity contribution >= 4 is 33.4 Å². The lowest BCUT2D eigenvalue weighted by atomic mass is 10.0. The van der Waals surface area contributed by atoms with E-state index in [4.69, 9.17) is 0 Å². The molecule has 0 aromatic heterocycles. The summed E-state index contributed by atoms with van der Waals surface area (Å²) in [7, 11) is -1.85. The molecule has 0 atom stereocenters. The maximum Gasteiger partial charge on any atom is 0.251 e. The average Bonchev–Trinajstić information content (AvgIpc) is 2.58. The molecular weight excluding hydrogens is 344 g/mol. The summed E-state index contributed by atoms with van der Waals surface area (Å²) in [6, 6.07) is 6.67. The molecule has 0 radical (unpaired) electrons. The Morgan fingerprint density at radius 1 is 1.29 bits per heavy atom. The number of carbonyl (C=O) groups excluding carboxylic acids is 1. The molecule has 0 heterocycles. The standard InChI is InChI=1S/C17H26N2O3S2/c1-19(24(2,21)22)15-8-6-7-14(13-15)17(20)18-11-12-23-16-9-4-3-5-10-16/h6-8,13,16H,3-5,9-12H2,1-2H3,(H,18,20). The Balaban J connectivity index is 1.83. The van der Waals surface area contributed by atoms with E-state index < -0.39 is 10.0 Å². The molecule has 1 fully saturated rings. The van der Waals surface area contributed by atoms with E-state index in [-0.39, 0.29) is 5.91 Å². The number of hydrogen-bond acceptors (Lipinski definition) is 4. The van der Waals surface area contributed by atoms with E-state index in [1.54, 1.807) is 24.3 Å². The first-order valence-corrected chi connectivity index (χ1v) is 11.2. The number of rotatable bonds is 7. The number of nitrogens with one attached hydrogen (secondary N) is 1. The van der Waals surface area contributed by atoms with Gasteiger partial charge in [0.1, 0.15) is 0 Å². The quantitative estimate of drug-likeness (QED) is 0.750. The van der Waals surface area contributed by atoms with E-state index in [2.05, 4.69) is 5.32 Å². The highest BCUT2D eigenvalue weighted by Gasteiger charge is 2.15. The van der Waals surface area contributed by atoms with E-state index in [1.165, 1.54) is 43.5 Å². The smallest absolute Gasteiger partial charge is 0.251 e. The molecule has 1 aliphatic carbocycles. The number of hydrogen-bond donors (Lipinski definition) is 1. The molecule has 1 aliphatic rings. The second-order valence-electron chi connectivity index (χ2n) is 6.17. The number of carbonyl (C=O) groups is 1. The van der Waals surface area contributed by atoms with Crippen LogP contribution in [0, 0.1) is 0 Å². The highest BCUT2D eigenvalue weighted by molar-refractivity contribution is 7.99. The zero-order valence-electron chi connectivity index (χ0n) is 14.3. The van der Waals surface area contributed by atoms with Crippen molar-refractivity contribution in [3.8, 4) is 0 Å². The van der Waals surface area contributed by atoms with Gasteiger partial charge in [0.15, 0.2) is 0 Å². The zero-order valence-corrected chi connectivity index (χ0v) is 16.0. The number of anilines is 1. The third-order valence-electron chi connectivity index (χ3n) is 4.26. The second-order valence-corrected chi connectivity index (χ2v) is 9.59. The summed E-state index contributed by atoms with van der Waals surface area (Å²) in [6.07, 6.45) is 7.72. The monoisotopic (exact) mass is 370 g/mol. The van der Waals surface area contributed by atoms with Crippen molar-refractivity contribution in [2.75, 3.05) is 29.9 Å². The molecule has 1 N–H and O–H groups in total. The summed E-state index contributed by atoms with van der Waals surface area (Å²) >= 11 is 1.94. The molecule has 5 nitrogen and oxygen atoms in total. The highest BCUT2D eigenvalue weighted by Crippen LogP contribution is 2.27. The van der Waals surface area contributed by atoms with Gasteiger partial charge < -0.3 is 5.32 Å². The number of thioether (sulfide) groups is 1. The van der Waals surface area contributed by atoms with Gasteiger partial charge in [-0.25, -0.2) is 8.42 Å². The number of sulfonamides is 1. The van der Waals surface area contributed by atoms with Gasteiger partial charge in [-0.15, -0.1) is 0 Å². The molecule has 7 heteroatoms. The van der Waals surface area contributed by atoms with E-state index >= 15 is 0 Å². The predicted octanol–water partition coefficient (Wildman–Crippen LogP) is 2.88. The summed E-state index contributed by atoms with van der Waals surface area (Å²) in [6.45, 7) is 0.631. The largest absolute Gasteiger partial charge is 0.351 e. The van der Waals surface area contributed by atoms with Crippen LogP contribution < -0.4 is 9.62 Å². The van der Waals surface area contributed by atoms with Crippen LogP contribution in [-0.4, -0.2) is 45.2 Å². The van der Waals surface area contributed by atoms with Gasteiger partial charge in [-0.1, -0.05) is 25.3 Å². The Morgan fingerprint density at radius 2 is 2.00 bits per heavy atom. The third kappa shape index (κ3) is 5.70. The van der Waals surface area contributed by atoms with Crippen LogP contribution in [0.15, 0.2) is 24.3 Å². The number of amides is 1. The zero-order chi connectivity index (χ0) is 17.6. The Bertz CT molecular complexity index is 656. The molecule has 1 aromatic carbocycles. The molecule has 0 bridgehead atoms. The predicted molar refractivity (Wildman–Crippen MR) is 101 cm³/mol. The number of nitrogens with zero attached hydrogens (tertiary/aromatic N) is 1. The SMILES string of the molecule is CN(c1cccc(C(=O)NCCSC2CCCCC2)c1)S(C)(=O)=O. The molecule has 1 aromatic rings. The molecule has 1 saturated carbocycles. The van der Waals surface area contributed by atoms with Gasteiger partial charge in [-0.2, -0.15) is 11.8 Å². The third-order valence-corrected chi connectivity index (χ3v) is 6.85.